The summed E-state index contributed by atoms with van der Waals surface area (Å²) in [5, 5.41) is 6.83. The highest BCUT2D eigenvalue weighted by atomic mass is 32.1. The molecule has 0 aliphatic carbocycles. The fraction of sp³-hybridized carbons (Fsp3) is 0.533. The number of thiazole rings is 1. The van der Waals surface area contributed by atoms with Crippen molar-refractivity contribution in [1.82, 2.24) is 10.3 Å². The van der Waals surface area contributed by atoms with Crippen LogP contribution in [0.3, 0.4) is 0 Å². The van der Waals surface area contributed by atoms with Gasteiger partial charge in [-0.25, -0.2) is 4.98 Å². The third-order valence-electron chi connectivity index (χ3n) is 2.79. The number of thiophene rings is 1. The number of hydrogen-bond acceptors (Lipinski definition) is 4. The van der Waals surface area contributed by atoms with Gasteiger partial charge in [-0.3, -0.25) is 0 Å². The molecule has 0 atom stereocenters. The van der Waals surface area contributed by atoms with Gasteiger partial charge in [-0.05, 0) is 38.1 Å². The van der Waals surface area contributed by atoms with Crippen LogP contribution in [0, 0.1) is 0 Å². The fourth-order valence-electron chi connectivity index (χ4n) is 1.79. The quantitative estimate of drug-likeness (QED) is 0.869. The number of nitrogens with zero attached hydrogens (tertiary/aromatic N) is 1. The molecule has 0 aliphatic heterocycles. The summed E-state index contributed by atoms with van der Waals surface area (Å²) in [5.74, 6) is 0.474. The van der Waals surface area contributed by atoms with Crippen LogP contribution >= 0.6 is 22.7 Å². The van der Waals surface area contributed by atoms with E-state index in [2.05, 4.69) is 57.4 Å². The topological polar surface area (TPSA) is 24.9 Å². The SMILES string of the molecule is CC(C)c1nc(-c2cccs2)sc1CNC(C)(C)C. The van der Waals surface area contributed by atoms with Crippen LogP contribution in [-0.4, -0.2) is 10.5 Å². The van der Waals surface area contributed by atoms with E-state index in [9.17, 15) is 0 Å². The van der Waals surface area contributed by atoms with Crippen LogP contribution in [0.5, 0.6) is 0 Å². The largest absolute Gasteiger partial charge is 0.307 e. The summed E-state index contributed by atoms with van der Waals surface area (Å²) in [7, 11) is 0. The van der Waals surface area contributed by atoms with Crippen LogP contribution in [0.25, 0.3) is 9.88 Å². The monoisotopic (exact) mass is 294 g/mol. The molecule has 0 saturated carbocycles. The highest BCUT2D eigenvalue weighted by Crippen LogP contribution is 2.34. The summed E-state index contributed by atoms with van der Waals surface area (Å²) < 4.78 is 0. The minimum absolute atomic E-state index is 0.140. The molecule has 2 rings (SSSR count). The van der Waals surface area contributed by atoms with Gasteiger partial charge in [0.15, 0.2) is 0 Å². The van der Waals surface area contributed by atoms with Crippen molar-refractivity contribution in [2.45, 2.75) is 52.6 Å². The average Bonchev–Trinajstić information content (AvgIpc) is 2.94. The lowest BCUT2D eigenvalue weighted by Gasteiger charge is -2.20. The van der Waals surface area contributed by atoms with Gasteiger partial charge in [0.25, 0.3) is 0 Å². The van der Waals surface area contributed by atoms with E-state index in [0.29, 0.717) is 5.92 Å². The van der Waals surface area contributed by atoms with Gasteiger partial charge >= 0.3 is 0 Å². The second-order valence-electron chi connectivity index (χ2n) is 6.06. The van der Waals surface area contributed by atoms with E-state index in [0.717, 1.165) is 11.6 Å². The molecule has 0 amide bonds. The molecule has 1 N–H and O–H groups in total. The average molecular weight is 294 g/mol. The molecule has 2 heterocycles. The molecule has 2 aromatic heterocycles. The number of aromatic nitrogens is 1. The molecule has 2 nitrogen and oxygen atoms in total. The van der Waals surface area contributed by atoms with Crippen molar-refractivity contribution in [2.24, 2.45) is 0 Å². The zero-order valence-electron chi connectivity index (χ0n) is 12.3. The highest BCUT2D eigenvalue weighted by Gasteiger charge is 2.17. The van der Waals surface area contributed by atoms with Gasteiger partial charge in [0, 0.05) is 17.0 Å². The first-order chi connectivity index (χ1) is 8.87. The molecule has 0 aliphatic rings. The summed E-state index contributed by atoms with van der Waals surface area (Å²) in [6.07, 6.45) is 0. The number of hydrogen-bond donors (Lipinski definition) is 1. The molecule has 4 heteroatoms. The Kier molecular flexibility index (Phi) is 4.43. The summed E-state index contributed by atoms with van der Waals surface area (Å²) in [5.41, 5.74) is 1.38. The van der Waals surface area contributed by atoms with Crippen LogP contribution in [0.1, 0.15) is 51.1 Å². The molecule has 0 aromatic carbocycles. The molecule has 0 unspecified atom stereocenters. The van der Waals surface area contributed by atoms with E-state index in [-0.39, 0.29) is 5.54 Å². The van der Waals surface area contributed by atoms with Crippen molar-refractivity contribution in [1.29, 1.82) is 0 Å². The lowest BCUT2D eigenvalue weighted by Crippen LogP contribution is -2.35. The molecule has 0 spiro atoms. The Morgan fingerprint density at radius 2 is 2.05 bits per heavy atom. The van der Waals surface area contributed by atoms with Gasteiger partial charge in [0.2, 0.25) is 0 Å². The van der Waals surface area contributed by atoms with Crippen LogP contribution in [0.15, 0.2) is 17.5 Å². The molecular weight excluding hydrogens is 272 g/mol. The van der Waals surface area contributed by atoms with Crippen molar-refractivity contribution in [3.63, 3.8) is 0 Å². The Bertz CT molecular complexity index is 519. The summed E-state index contributed by atoms with van der Waals surface area (Å²) in [6, 6.07) is 4.23. The lowest BCUT2D eigenvalue weighted by atomic mass is 10.1. The van der Waals surface area contributed by atoms with Crippen molar-refractivity contribution < 1.29 is 0 Å². The standard InChI is InChI=1S/C15H22N2S2/c1-10(2)13-12(9-16-15(3,4)5)19-14(17-13)11-7-6-8-18-11/h6-8,10,16H,9H2,1-5H3. The zero-order chi connectivity index (χ0) is 14.0. The summed E-state index contributed by atoms with van der Waals surface area (Å²) >= 11 is 3.58. The van der Waals surface area contributed by atoms with Crippen LogP contribution < -0.4 is 5.32 Å². The van der Waals surface area contributed by atoms with Crippen molar-refractivity contribution in [3.05, 3.63) is 28.1 Å². The smallest absolute Gasteiger partial charge is 0.133 e. The second-order valence-corrected chi connectivity index (χ2v) is 8.09. The molecular formula is C15H22N2S2. The Morgan fingerprint density at radius 3 is 2.58 bits per heavy atom. The van der Waals surface area contributed by atoms with E-state index >= 15 is 0 Å². The molecule has 19 heavy (non-hydrogen) atoms. The lowest BCUT2D eigenvalue weighted by molar-refractivity contribution is 0.425. The van der Waals surface area contributed by atoms with E-state index in [1.807, 2.05) is 11.3 Å². The Labute approximate surface area is 123 Å². The molecule has 0 saturated heterocycles. The third kappa shape index (κ3) is 3.88. The minimum atomic E-state index is 0.140. The molecule has 104 valence electrons. The fourth-order valence-corrected chi connectivity index (χ4v) is 3.75. The first kappa shape index (κ1) is 14.7. The van der Waals surface area contributed by atoms with E-state index < -0.39 is 0 Å². The van der Waals surface area contributed by atoms with E-state index in [1.165, 1.54) is 15.4 Å². The first-order valence-electron chi connectivity index (χ1n) is 6.65. The third-order valence-corrected chi connectivity index (χ3v) is 4.90. The Morgan fingerprint density at radius 1 is 1.32 bits per heavy atom. The molecule has 0 fully saturated rings. The maximum atomic E-state index is 4.84. The maximum Gasteiger partial charge on any atom is 0.133 e. The van der Waals surface area contributed by atoms with E-state index in [4.69, 9.17) is 4.98 Å². The number of nitrogens with one attached hydrogen (secondary N) is 1. The Balaban J connectivity index is 2.26. The highest BCUT2D eigenvalue weighted by molar-refractivity contribution is 7.21. The predicted octanol–water partition coefficient (Wildman–Crippen LogP) is 4.88. The van der Waals surface area contributed by atoms with Gasteiger partial charge in [0.1, 0.15) is 5.01 Å². The van der Waals surface area contributed by atoms with Crippen LogP contribution in [0.4, 0.5) is 0 Å². The van der Waals surface area contributed by atoms with Gasteiger partial charge in [-0.15, -0.1) is 22.7 Å². The summed E-state index contributed by atoms with van der Waals surface area (Å²) in [6.45, 7) is 11.9. The van der Waals surface area contributed by atoms with Crippen molar-refractivity contribution >= 4 is 22.7 Å². The summed E-state index contributed by atoms with van der Waals surface area (Å²) in [4.78, 5) is 7.48. The molecule has 2 aromatic rings. The van der Waals surface area contributed by atoms with Gasteiger partial charge in [0.05, 0.1) is 10.6 Å². The number of rotatable bonds is 4. The van der Waals surface area contributed by atoms with Crippen molar-refractivity contribution in [3.8, 4) is 9.88 Å². The van der Waals surface area contributed by atoms with Gasteiger partial charge < -0.3 is 5.32 Å². The molecule has 0 bridgehead atoms. The Hall–Kier alpha value is -0.710. The van der Waals surface area contributed by atoms with E-state index in [1.54, 1.807) is 11.3 Å². The zero-order valence-corrected chi connectivity index (χ0v) is 13.9. The first-order valence-corrected chi connectivity index (χ1v) is 8.35. The van der Waals surface area contributed by atoms with Gasteiger partial charge in [-0.1, -0.05) is 19.9 Å². The van der Waals surface area contributed by atoms with Gasteiger partial charge in [-0.2, -0.15) is 0 Å². The second kappa shape index (κ2) is 5.73. The minimum Gasteiger partial charge on any atom is -0.307 e. The van der Waals surface area contributed by atoms with Crippen molar-refractivity contribution in [2.75, 3.05) is 0 Å². The van der Waals surface area contributed by atoms with Crippen LogP contribution in [-0.2, 0) is 6.54 Å². The predicted molar refractivity (Wildman–Crippen MR) is 86.1 cm³/mol. The van der Waals surface area contributed by atoms with Crippen LogP contribution in [0.2, 0.25) is 0 Å². The normalized spacial score (nSPS) is 12.3. The maximum absolute atomic E-state index is 4.84. The molecule has 0 radical (unpaired) electrons.